The summed E-state index contributed by atoms with van der Waals surface area (Å²) in [4.78, 5) is 2.43. The predicted molar refractivity (Wildman–Crippen MR) is 86.3 cm³/mol. The number of benzene rings is 1. The lowest BCUT2D eigenvalue weighted by Crippen LogP contribution is -2.40. The van der Waals surface area contributed by atoms with Crippen LogP contribution in [-0.4, -0.2) is 38.2 Å². The molecule has 20 heavy (non-hydrogen) atoms. The molecule has 0 aliphatic rings. The van der Waals surface area contributed by atoms with E-state index in [9.17, 15) is 0 Å². The van der Waals surface area contributed by atoms with E-state index in [-0.39, 0.29) is 0 Å². The van der Waals surface area contributed by atoms with Gasteiger partial charge >= 0.3 is 0 Å². The number of para-hydroxylation sites is 1. The van der Waals surface area contributed by atoms with Crippen molar-refractivity contribution in [3.05, 3.63) is 29.8 Å². The second-order valence-electron chi connectivity index (χ2n) is 5.37. The SMILES string of the molecule is CCCNCC(CCC)N(C)Cc1ccccc1OC. The Morgan fingerprint density at radius 2 is 1.95 bits per heavy atom. The van der Waals surface area contributed by atoms with Gasteiger partial charge in [-0.05, 0) is 32.5 Å². The molecule has 0 aliphatic heterocycles. The van der Waals surface area contributed by atoms with Crippen molar-refractivity contribution in [2.45, 2.75) is 45.7 Å². The molecular formula is C17H30N2O. The van der Waals surface area contributed by atoms with Gasteiger partial charge in [-0.25, -0.2) is 0 Å². The number of likely N-dealkylation sites (N-methyl/N-ethyl adjacent to an activating group) is 1. The fourth-order valence-corrected chi connectivity index (χ4v) is 2.49. The van der Waals surface area contributed by atoms with E-state index < -0.39 is 0 Å². The van der Waals surface area contributed by atoms with Crippen molar-refractivity contribution in [3.8, 4) is 5.75 Å². The van der Waals surface area contributed by atoms with Gasteiger partial charge in [-0.2, -0.15) is 0 Å². The lowest BCUT2D eigenvalue weighted by Gasteiger charge is -2.28. The summed E-state index contributed by atoms with van der Waals surface area (Å²) in [6.45, 7) is 7.56. The summed E-state index contributed by atoms with van der Waals surface area (Å²) in [6, 6.07) is 8.87. The average molecular weight is 278 g/mol. The molecule has 0 heterocycles. The highest BCUT2D eigenvalue weighted by molar-refractivity contribution is 5.33. The van der Waals surface area contributed by atoms with Crippen molar-refractivity contribution in [3.63, 3.8) is 0 Å². The molecule has 3 heteroatoms. The normalized spacial score (nSPS) is 12.7. The molecule has 0 radical (unpaired) electrons. The van der Waals surface area contributed by atoms with Gasteiger partial charge in [0, 0.05) is 24.7 Å². The van der Waals surface area contributed by atoms with E-state index in [0.717, 1.165) is 25.4 Å². The van der Waals surface area contributed by atoms with Gasteiger partial charge in [0.25, 0.3) is 0 Å². The molecule has 0 spiro atoms. The number of nitrogens with one attached hydrogen (secondary N) is 1. The summed E-state index contributed by atoms with van der Waals surface area (Å²) >= 11 is 0. The zero-order valence-corrected chi connectivity index (χ0v) is 13.5. The van der Waals surface area contributed by atoms with Crippen LogP contribution < -0.4 is 10.1 Å². The van der Waals surface area contributed by atoms with Crippen LogP contribution in [0.3, 0.4) is 0 Å². The molecule has 0 aromatic heterocycles. The molecule has 0 amide bonds. The maximum Gasteiger partial charge on any atom is 0.123 e. The number of methoxy groups -OCH3 is 1. The molecule has 0 saturated carbocycles. The summed E-state index contributed by atoms with van der Waals surface area (Å²) < 4.78 is 5.44. The maximum atomic E-state index is 5.44. The van der Waals surface area contributed by atoms with Gasteiger partial charge in [0.1, 0.15) is 5.75 Å². The van der Waals surface area contributed by atoms with E-state index in [0.29, 0.717) is 6.04 Å². The minimum atomic E-state index is 0.580. The molecule has 1 N–H and O–H groups in total. The first-order valence-electron chi connectivity index (χ1n) is 7.75. The molecule has 0 saturated heterocycles. The zero-order valence-electron chi connectivity index (χ0n) is 13.5. The van der Waals surface area contributed by atoms with Crippen LogP contribution in [0.5, 0.6) is 5.75 Å². The Morgan fingerprint density at radius 1 is 1.20 bits per heavy atom. The van der Waals surface area contributed by atoms with Gasteiger partial charge in [-0.1, -0.05) is 38.5 Å². The third-order valence-corrected chi connectivity index (χ3v) is 3.66. The monoisotopic (exact) mass is 278 g/mol. The number of hydrogen-bond acceptors (Lipinski definition) is 3. The first-order chi connectivity index (χ1) is 9.72. The van der Waals surface area contributed by atoms with Crippen molar-refractivity contribution < 1.29 is 4.74 Å². The second kappa shape index (κ2) is 9.78. The van der Waals surface area contributed by atoms with E-state index in [1.54, 1.807) is 7.11 Å². The molecule has 1 atom stereocenters. The molecule has 1 unspecified atom stereocenters. The quantitative estimate of drug-likeness (QED) is 0.665. The predicted octanol–water partition coefficient (Wildman–Crippen LogP) is 3.30. The van der Waals surface area contributed by atoms with Crippen molar-refractivity contribution in [1.29, 1.82) is 0 Å². The van der Waals surface area contributed by atoms with Crippen LogP contribution in [0.25, 0.3) is 0 Å². The molecule has 1 rings (SSSR count). The summed E-state index contributed by atoms with van der Waals surface area (Å²) in [5.41, 5.74) is 1.26. The summed E-state index contributed by atoms with van der Waals surface area (Å²) in [6.07, 6.45) is 3.63. The van der Waals surface area contributed by atoms with E-state index in [2.05, 4.69) is 43.2 Å². The van der Waals surface area contributed by atoms with Crippen LogP contribution in [0.4, 0.5) is 0 Å². The number of ether oxygens (including phenoxy) is 1. The van der Waals surface area contributed by atoms with Crippen molar-refractivity contribution in [1.82, 2.24) is 10.2 Å². The van der Waals surface area contributed by atoms with Crippen LogP contribution in [-0.2, 0) is 6.54 Å². The Balaban J connectivity index is 2.62. The Bertz CT molecular complexity index is 368. The van der Waals surface area contributed by atoms with Crippen LogP contribution in [0, 0.1) is 0 Å². The van der Waals surface area contributed by atoms with Gasteiger partial charge in [-0.15, -0.1) is 0 Å². The van der Waals surface area contributed by atoms with E-state index >= 15 is 0 Å². The smallest absolute Gasteiger partial charge is 0.123 e. The topological polar surface area (TPSA) is 24.5 Å². The van der Waals surface area contributed by atoms with Crippen molar-refractivity contribution >= 4 is 0 Å². The van der Waals surface area contributed by atoms with Crippen LogP contribution >= 0.6 is 0 Å². The zero-order chi connectivity index (χ0) is 14.8. The summed E-state index contributed by atoms with van der Waals surface area (Å²) in [5.74, 6) is 0.983. The van der Waals surface area contributed by atoms with Gasteiger partial charge in [0.15, 0.2) is 0 Å². The Kier molecular flexibility index (Phi) is 8.31. The number of rotatable bonds is 10. The van der Waals surface area contributed by atoms with Gasteiger partial charge in [-0.3, -0.25) is 4.90 Å². The van der Waals surface area contributed by atoms with Crippen LogP contribution in [0.1, 0.15) is 38.7 Å². The second-order valence-corrected chi connectivity index (χ2v) is 5.37. The molecule has 0 fully saturated rings. The number of nitrogens with zero attached hydrogens (tertiary/aromatic N) is 1. The summed E-state index contributed by atoms with van der Waals surface area (Å²) in [7, 11) is 3.95. The molecule has 0 aliphatic carbocycles. The first kappa shape index (κ1) is 17.0. The van der Waals surface area contributed by atoms with Crippen LogP contribution in [0.15, 0.2) is 24.3 Å². The highest BCUT2D eigenvalue weighted by atomic mass is 16.5. The minimum absolute atomic E-state index is 0.580. The summed E-state index contributed by atoms with van der Waals surface area (Å²) in [5, 5.41) is 3.54. The minimum Gasteiger partial charge on any atom is -0.496 e. The Labute approximate surface area is 124 Å². The van der Waals surface area contributed by atoms with Gasteiger partial charge in [0.05, 0.1) is 7.11 Å². The lowest BCUT2D eigenvalue weighted by molar-refractivity contribution is 0.212. The average Bonchev–Trinajstić information content (AvgIpc) is 2.47. The van der Waals surface area contributed by atoms with E-state index in [1.807, 2.05) is 12.1 Å². The molecule has 1 aromatic rings. The third kappa shape index (κ3) is 5.51. The molecule has 0 bridgehead atoms. The third-order valence-electron chi connectivity index (χ3n) is 3.66. The van der Waals surface area contributed by atoms with Gasteiger partial charge < -0.3 is 10.1 Å². The fraction of sp³-hybridized carbons (Fsp3) is 0.647. The molecule has 114 valence electrons. The van der Waals surface area contributed by atoms with Crippen LogP contribution in [0.2, 0.25) is 0 Å². The Morgan fingerprint density at radius 3 is 2.60 bits per heavy atom. The molecule has 3 nitrogen and oxygen atoms in total. The first-order valence-corrected chi connectivity index (χ1v) is 7.75. The van der Waals surface area contributed by atoms with Crippen molar-refractivity contribution in [2.75, 3.05) is 27.2 Å². The number of hydrogen-bond donors (Lipinski definition) is 1. The highest BCUT2D eigenvalue weighted by Gasteiger charge is 2.15. The highest BCUT2D eigenvalue weighted by Crippen LogP contribution is 2.20. The molecule has 1 aromatic carbocycles. The lowest BCUT2D eigenvalue weighted by atomic mass is 10.1. The van der Waals surface area contributed by atoms with E-state index in [1.165, 1.54) is 24.8 Å². The fourth-order valence-electron chi connectivity index (χ4n) is 2.49. The standard InChI is InChI=1S/C17H30N2O/c1-5-9-16(13-18-12-6-2)19(3)14-15-10-7-8-11-17(15)20-4/h7-8,10-11,16,18H,5-6,9,12-14H2,1-4H3. The molecular weight excluding hydrogens is 248 g/mol. The van der Waals surface area contributed by atoms with Gasteiger partial charge in [0.2, 0.25) is 0 Å². The Hall–Kier alpha value is -1.06. The maximum absolute atomic E-state index is 5.44. The largest absolute Gasteiger partial charge is 0.496 e. The van der Waals surface area contributed by atoms with E-state index in [4.69, 9.17) is 4.74 Å². The van der Waals surface area contributed by atoms with Crippen molar-refractivity contribution in [2.24, 2.45) is 0 Å².